The third-order valence-electron chi connectivity index (χ3n) is 4.80. The van der Waals surface area contributed by atoms with Crippen molar-refractivity contribution in [3.8, 4) is 0 Å². The molecule has 2 atom stereocenters. The van der Waals surface area contributed by atoms with Gasteiger partial charge in [0, 0.05) is 31.4 Å². The van der Waals surface area contributed by atoms with Gasteiger partial charge in [0.25, 0.3) is 0 Å². The lowest BCUT2D eigenvalue weighted by Crippen LogP contribution is -2.58. The highest BCUT2D eigenvalue weighted by Gasteiger charge is 2.40. The third kappa shape index (κ3) is 2.87. The number of aryl methyl sites for hydroxylation is 1. The molecule has 6 heteroatoms. The van der Waals surface area contributed by atoms with E-state index in [1.165, 1.54) is 10.5 Å². The molecule has 0 spiro atoms. The van der Waals surface area contributed by atoms with Crippen LogP contribution in [0.2, 0.25) is 0 Å². The third-order valence-corrected chi connectivity index (χ3v) is 4.80. The van der Waals surface area contributed by atoms with Gasteiger partial charge < -0.3 is 19.6 Å². The van der Waals surface area contributed by atoms with Gasteiger partial charge in [0.05, 0.1) is 12.6 Å². The molecule has 0 saturated carbocycles. The Hall–Kier alpha value is -1.82. The van der Waals surface area contributed by atoms with Crippen molar-refractivity contribution in [3.05, 3.63) is 22.9 Å². The molecule has 1 aromatic rings. The number of pyridine rings is 1. The number of hydrogen-bond donors (Lipinski definition) is 1. The van der Waals surface area contributed by atoms with Crippen molar-refractivity contribution in [3.63, 3.8) is 0 Å². The monoisotopic (exact) mass is 319 g/mol. The summed E-state index contributed by atoms with van der Waals surface area (Å²) >= 11 is 0. The zero-order chi connectivity index (χ0) is 16.6. The van der Waals surface area contributed by atoms with E-state index >= 15 is 0 Å². The molecule has 1 saturated heterocycles. The van der Waals surface area contributed by atoms with Gasteiger partial charge >= 0.3 is 6.09 Å². The minimum absolute atomic E-state index is 0.154. The molecule has 0 aliphatic carbocycles. The lowest BCUT2D eigenvalue weighted by Gasteiger charge is -2.42. The van der Waals surface area contributed by atoms with Crippen molar-refractivity contribution < 1.29 is 14.6 Å². The van der Waals surface area contributed by atoms with Crippen molar-refractivity contribution in [2.75, 3.05) is 24.6 Å². The Balaban J connectivity index is 1.90. The normalized spacial score (nSPS) is 22.9. The van der Waals surface area contributed by atoms with Gasteiger partial charge in [-0.15, -0.1) is 0 Å². The fourth-order valence-corrected chi connectivity index (χ4v) is 3.78. The highest BCUT2D eigenvalue weighted by Crippen LogP contribution is 2.36. The van der Waals surface area contributed by atoms with E-state index in [0.717, 1.165) is 29.9 Å². The lowest BCUT2D eigenvalue weighted by molar-refractivity contribution is 0.128. The summed E-state index contributed by atoms with van der Waals surface area (Å²) in [5.74, 6) is 1.05. The molecule has 0 radical (unpaired) electrons. The first-order valence-electron chi connectivity index (χ1n) is 8.40. The van der Waals surface area contributed by atoms with Gasteiger partial charge in [-0.25, -0.2) is 9.78 Å². The first kappa shape index (κ1) is 16.1. The smallest absolute Gasteiger partial charge is 0.407 e. The fourth-order valence-electron chi connectivity index (χ4n) is 3.78. The molecule has 1 fully saturated rings. The zero-order valence-corrected chi connectivity index (χ0v) is 14.1. The predicted molar refractivity (Wildman–Crippen MR) is 88.0 cm³/mol. The summed E-state index contributed by atoms with van der Waals surface area (Å²) < 4.78 is 5.57. The summed E-state index contributed by atoms with van der Waals surface area (Å²) in [6.45, 7) is 8.57. The molecule has 3 rings (SSSR count). The molecular formula is C17H25N3O3. The second-order valence-electron chi connectivity index (χ2n) is 6.37. The van der Waals surface area contributed by atoms with Crippen molar-refractivity contribution in [2.45, 2.75) is 52.3 Å². The van der Waals surface area contributed by atoms with Gasteiger partial charge in [0.2, 0.25) is 0 Å². The lowest BCUT2D eigenvalue weighted by atomic mass is 10.1. The maximum atomic E-state index is 11.3. The van der Waals surface area contributed by atoms with Crippen LogP contribution in [0.15, 0.2) is 6.07 Å². The Kier molecular flexibility index (Phi) is 4.43. The minimum Gasteiger partial charge on any atom is -0.465 e. The van der Waals surface area contributed by atoms with Crippen molar-refractivity contribution >= 4 is 11.9 Å². The second-order valence-corrected chi connectivity index (χ2v) is 6.37. The van der Waals surface area contributed by atoms with E-state index in [9.17, 15) is 9.90 Å². The molecule has 1 amide bonds. The van der Waals surface area contributed by atoms with Crippen LogP contribution < -0.4 is 4.90 Å². The number of amides is 1. The first-order valence-corrected chi connectivity index (χ1v) is 8.40. The van der Waals surface area contributed by atoms with E-state index in [0.29, 0.717) is 26.3 Å². The summed E-state index contributed by atoms with van der Waals surface area (Å²) in [5.41, 5.74) is 3.47. The maximum Gasteiger partial charge on any atom is 0.407 e. The van der Waals surface area contributed by atoms with Crippen molar-refractivity contribution in [1.82, 2.24) is 9.88 Å². The standard InChI is InChI=1S/C17H25N3O3/c1-4-15-13(10-23-5-2)6-12-7-14-9-19(17(21)22)8-11(3)20(14)16(12)18-15/h6,11,14H,4-5,7-10H2,1-3H3,(H,21,22)/t11-,14-/m1/s1. The number of rotatable bonds is 4. The number of aromatic nitrogens is 1. The maximum absolute atomic E-state index is 11.3. The van der Waals surface area contributed by atoms with E-state index in [4.69, 9.17) is 9.72 Å². The topological polar surface area (TPSA) is 65.9 Å². The van der Waals surface area contributed by atoms with Gasteiger partial charge in [-0.3, -0.25) is 0 Å². The molecule has 3 heterocycles. The predicted octanol–water partition coefficient (Wildman–Crippen LogP) is 2.29. The number of fused-ring (bicyclic) bond motifs is 3. The Labute approximate surface area is 137 Å². The number of hydrogen-bond acceptors (Lipinski definition) is 4. The summed E-state index contributed by atoms with van der Waals surface area (Å²) in [7, 11) is 0. The van der Waals surface area contributed by atoms with E-state index in [1.807, 2.05) is 6.92 Å². The fraction of sp³-hybridized carbons (Fsp3) is 0.647. The van der Waals surface area contributed by atoms with Crippen LogP contribution in [0.1, 0.15) is 37.6 Å². The molecule has 0 unspecified atom stereocenters. The number of carbonyl (C=O) groups is 1. The largest absolute Gasteiger partial charge is 0.465 e. The highest BCUT2D eigenvalue weighted by atomic mass is 16.5. The average molecular weight is 319 g/mol. The molecule has 2 aliphatic rings. The van der Waals surface area contributed by atoms with E-state index in [1.54, 1.807) is 0 Å². The Morgan fingerprint density at radius 2 is 2.22 bits per heavy atom. The van der Waals surface area contributed by atoms with Crippen molar-refractivity contribution in [2.24, 2.45) is 0 Å². The molecular weight excluding hydrogens is 294 g/mol. The summed E-state index contributed by atoms with van der Waals surface area (Å²) in [4.78, 5) is 20.1. The molecule has 0 aromatic carbocycles. The van der Waals surface area contributed by atoms with Gasteiger partial charge in [0.1, 0.15) is 5.82 Å². The summed E-state index contributed by atoms with van der Waals surface area (Å²) in [5, 5.41) is 9.29. The van der Waals surface area contributed by atoms with Crippen LogP contribution in [0.3, 0.4) is 0 Å². The van der Waals surface area contributed by atoms with E-state index < -0.39 is 6.09 Å². The average Bonchev–Trinajstić information content (AvgIpc) is 2.89. The molecule has 1 N–H and O–H groups in total. The Bertz CT molecular complexity index is 605. The van der Waals surface area contributed by atoms with Crippen LogP contribution in [-0.2, 0) is 24.2 Å². The molecule has 126 valence electrons. The van der Waals surface area contributed by atoms with E-state index in [-0.39, 0.29) is 12.1 Å². The SMILES string of the molecule is CCOCc1cc2c(nc1CC)N1[C@H](C2)CN(C(=O)O)C[C@H]1C. The van der Waals surface area contributed by atoms with Crippen LogP contribution >= 0.6 is 0 Å². The van der Waals surface area contributed by atoms with E-state index in [2.05, 4.69) is 24.8 Å². The first-order chi connectivity index (χ1) is 11.0. The highest BCUT2D eigenvalue weighted by molar-refractivity contribution is 5.67. The van der Waals surface area contributed by atoms with Crippen LogP contribution in [0.5, 0.6) is 0 Å². The van der Waals surface area contributed by atoms with Crippen LogP contribution in [0.4, 0.5) is 10.6 Å². The Morgan fingerprint density at radius 3 is 2.87 bits per heavy atom. The van der Waals surface area contributed by atoms with Crippen LogP contribution in [0.25, 0.3) is 0 Å². The zero-order valence-electron chi connectivity index (χ0n) is 14.1. The number of piperazine rings is 1. The number of anilines is 1. The van der Waals surface area contributed by atoms with Crippen LogP contribution in [0, 0.1) is 0 Å². The molecule has 0 bridgehead atoms. The van der Waals surface area contributed by atoms with Gasteiger partial charge in [0.15, 0.2) is 0 Å². The van der Waals surface area contributed by atoms with Crippen LogP contribution in [-0.4, -0.2) is 52.9 Å². The van der Waals surface area contributed by atoms with Gasteiger partial charge in [-0.1, -0.05) is 6.92 Å². The van der Waals surface area contributed by atoms with Gasteiger partial charge in [-0.2, -0.15) is 0 Å². The second kappa shape index (κ2) is 6.35. The molecule has 6 nitrogen and oxygen atoms in total. The van der Waals surface area contributed by atoms with Gasteiger partial charge in [-0.05, 0) is 43.9 Å². The number of carboxylic acid groups (broad SMARTS) is 1. The number of nitrogens with zero attached hydrogens (tertiary/aromatic N) is 3. The molecule has 2 aliphatic heterocycles. The minimum atomic E-state index is -0.827. The number of ether oxygens (including phenoxy) is 1. The molecule has 1 aromatic heterocycles. The molecule has 23 heavy (non-hydrogen) atoms. The summed E-state index contributed by atoms with van der Waals surface area (Å²) in [6.07, 6.45) is 0.912. The summed E-state index contributed by atoms with van der Waals surface area (Å²) in [6, 6.07) is 2.57. The Morgan fingerprint density at radius 1 is 1.43 bits per heavy atom. The van der Waals surface area contributed by atoms with Crippen molar-refractivity contribution in [1.29, 1.82) is 0 Å². The quantitative estimate of drug-likeness (QED) is 0.922.